The summed E-state index contributed by atoms with van der Waals surface area (Å²) < 4.78 is 0. The van der Waals surface area contributed by atoms with E-state index in [1.165, 1.54) is 17.3 Å². The van der Waals surface area contributed by atoms with Crippen molar-refractivity contribution in [3.05, 3.63) is 24.5 Å². The van der Waals surface area contributed by atoms with Crippen LogP contribution in [0.1, 0.15) is 12.8 Å². The highest BCUT2D eigenvalue weighted by molar-refractivity contribution is 5.95. The number of amides is 4. The molecule has 1 aromatic heterocycles. The Kier molecular flexibility index (Phi) is 6.23. The SMILES string of the molecule is O=C(CNC(=O)CN1CCCC1=O)NCC(=O)Nc1ccncc1. The normalized spacial score (nSPS) is 13.5. The van der Waals surface area contributed by atoms with E-state index < -0.39 is 11.8 Å². The fraction of sp³-hybridized carbons (Fsp3) is 0.400. The van der Waals surface area contributed by atoms with E-state index in [1.807, 2.05) is 0 Å². The topological polar surface area (TPSA) is 121 Å². The molecule has 9 nitrogen and oxygen atoms in total. The predicted molar refractivity (Wildman–Crippen MR) is 84.7 cm³/mol. The Morgan fingerprint density at radius 2 is 1.71 bits per heavy atom. The molecule has 128 valence electrons. The molecular weight excluding hydrogens is 314 g/mol. The van der Waals surface area contributed by atoms with E-state index in [9.17, 15) is 19.2 Å². The number of pyridine rings is 1. The Bertz CT molecular complexity index is 620. The second-order valence-corrected chi connectivity index (χ2v) is 5.26. The first kappa shape index (κ1) is 17.4. The van der Waals surface area contributed by atoms with Gasteiger partial charge < -0.3 is 20.9 Å². The van der Waals surface area contributed by atoms with Gasteiger partial charge in [0.15, 0.2) is 0 Å². The summed E-state index contributed by atoms with van der Waals surface area (Å²) in [5.41, 5.74) is 0.577. The third-order valence-electron chi connectivity index (χ3n) is 3.36. The molecule has 4 amide bonds. The van der Waals surface area contributed by atoms with E-state index >= 15 is 0 Å². The lowest BCUT2D eigenvalue weighted by molar-refractivity contribution is -0.133. The van der Waals surface area contributed by atoms with Crippen LogP contribution in [0.2, 0.25) is 0 Å². The van der Waals surface area contributed by atoms with Gasteiger partial charge in [-0.2, -0.15) is 0 Å². The molecule has 0 saturated carbocycles. The zero-order valence-corrected chi connectivity index (χ0v) is 13.1. The molecule has 0 aromatic carbocycles. The molecule has 1 aliphatic heterocycles. The van der Waals surface area contributed by atoms with Crippen LogP contribution in [0.4, 0.5) is 5.69 Å². The maximum atomic E-state index is 11.7. The Morgan fingerprint density at radius 3 is 2.38 bits per heavy atom. The lowest BCUT2D eigenvalue weighted by atomic mass is 10.4. The van der Waals surface area contributed by atoms with Crippen molar-refractivity contribution < 1.29 is 19.2 Å². The maximum absolute atomic E-state index is 11.7. The quantitative estimate of drug-likeness (QED) is 0.583. The lowest BCUT2D eigenvalue weighted by Crippen LogP contribution is -2.43. The third kappa shape index (κ3) is 5.67. The summed E-state index contributed by atoms with van der Waals surface area (Å²) in [7, 11) is 0. The summed E-state index contributed by atoms with van der Waals surface area (Å²) in [6, 6.07) is 3.25. The zero-order valence-electron chi connectivity index (χ0n) is 13.1. The van der Waals surface area contributed by atoms with Crippen LogP contribution in [0.15, 0.2) is 24.5 Å². The van der Waals surface area contributed by atoms with Crippen molar-refractivity contribution in [2.75, 3.05) is 31.5 Å². The minimum absolute atomic E-state index is 0.0470. The first-order chi connectivity index (χ1) is 11.5. The maximum Gasteiger partial charge on any atom is 0.243 e. The lowest BCUT2D eigenvalue weighted by Gasteiger charge is -2.14. The van der Waals surface area contributed by atoms with Gasteiger partial charge in [0.1, 0.15) is 0 Å². The Labute approximate surface area is 138 Å². The molecule has 1 fully saturated rings. The van der Waals surface area contributed by atoms with Crippen LogP contribution >= 0.6 is 0 Å². The van der Waals surface area contributed by atoms with Crippen molar-refractivity contribution in [1.29, 1.82) is 0 Å². The molecule has 2 heterocycles. The van der Waals surface area contributed by atoms with E-state index in [-0.39, 0.29) is 31.4 Å². The summed E-state index contributed by atoms with van der Waals surface area (Å²) in [5.74, 6) is -1.33. The van der Waals surface area contributed by atoms with Gasteiger partial charge in [0.05, 0.1) is 19.6 Å². The highest BCUT2D eigenvalue weighted by atomic mass is 16.2. The van der Waals surface area contributed by atoms with E-state index in [2.05, 4.69) is 20.9 Å². The average Bonchev–Trinajstić information content (AvgIpc) is 2.97. The summed E-state index contributed by atoms with van der Waals surface area (Å²) in [6.45, 7) is 0.0628. The number of hydrogen-bond acceptors (Lipinski definition) is 5. The molecule has 0 atom stereocenters. The van der Waals surface area contributed by atoms with Crippen molar-refractivity contribution in [3.63, 3.8) is 0 Å². The van der Waals surface area contributed by atoms with Crippen LogP contribution in [-0.2, 0) is 19.2 Å². The molecule has 1 saturated heterocycles. The van der Waals surface area contributed by atoms with Crippen molar-refractivity contribution in [2.45, 2.75) is 12.8 Å². The summed E-state index contributed by atoms with van der Waals surface area (Å²) in [4.78, 5) is 51.6. The molecule has 0 unspecified atom stereocenters. The molecular formula is C15H19N5O4. The molecule has 9 heteroatoms. The second kappa shape index (κ2) is 8.61. The number of hydrogen-bond donors (Lipinski definition) is 3. The van der Waals surface area contributed by atoms with Crippen LogP contribution in [0.25, 0.3) is 0 Å². The van der Waals surface area contributed by atoms with Crippen LogP contribution < -0.4 is 16.0 Å². The third-order valence-corrected chi connectivity index (χ3v) is 3.36. The monoisotopic (exact) mass is 333 g/mol. The van der Waals surface area contributed by atoms with Crippen molar-refractivity contribution in [3.8, 4) is 0 Å². The number of carbonyl (C=O) groups excluding carboxylic acids is 4. The van der Waals surface area contributed by atoms with Crippen LogP contribution in [-0.4, -0.2) is 59.7 Å². The molecule has 1 aromatic rings. The smallest absolute Gasteiger partial charge is 0.243 e. The van der Waals surface area contributed by atoms with Crippen LogP contribution in [0, 0.1) is 0 Å². The van der Waals surface area contributed by atoms with Gasteiger partial charge in [-0.1, -0.05) is 0 Å². The van der Waals surface area contributed by atoms with Gasteiger partial charge >= 0.3 is 0 Å². The van der Waals surface area contributed by atoms with Gasteiger partial charge in [-0.25, -0.2) is 0 Å². The number of likely N-dealkylation sites (tertiary alicyclic amines) is 1. The van der Waals surface area contributed by atoms with Crippen molar-refractivity contribution in [2.24, 2.45) is 0 Å². The number of nitrogens with one attached hydrogen (secondary N) is 3. The molecule has 24 heavy (non-hydrogen) atoms. The fourth-order valence-electron chi connectivity index (χ4n) is 2.16. The summed E-state index contributed by atoms with van der Waals surface area (Å²) in [6.07, 6.45) is 4.28. The Morgan fingerprint density at radius 1 is 1.04 bits per heavy atom. The minimum atomic E-state index is -0.485. The van der Waals surface area contributed by atoms with Gasteiger partial charge in [-0.15, -0.1) is 0 Å². The molecule has 0 bridgehead atoms. The number of aromatic nitrogens is 1. The van der Waals surface area contributed by atoms with Gasteiger partial charge in [0, 0.05) is 31.0 Å². The van der Waals surface area contributed by atoms with Crippen LogP contribution in [0.5, 0.6) is 0 Å². The molecule has 1 aliphatic rings. The standard InChI is InChI=1S/C15H19N5O4/c21-12(8-18-14(23)10-20-7-1-2-15(20)24)17-9-13(22)19-11-3-5-16-6-4-11/h3-6H,1-2,7-10H2,(H,17,21)(H,18,23)(H,16,19,22). The Hall–Kier alpha value is -2.97. The largest absolute Gasteiger partial charge is 0.345 e. The molecule has 2 rings (SSSR count). The number of anilines is 1. The molecule has 0 spiro atoms. The van der Waals surface area contributed by atoms with E-state index in [1.54, 1.807) is 12.1 Å². The van der Waals surface area contributed by atoms with Crippen molar-refractivity contribution >= 4 is 29.3 Å². The summed E-state index contributed by atoms with van der Waals surface area (Å²) in [5, 5.41) is 7.41. The van der Waals surface area contributed by atoms with E-state index in [4.69, 9.17) is 0 Å². The molecule has 0 radical (unpaired) electrons. The molecule has 3 N–H and O–H groups in total. The first-order valence-corrected chi connectivity index (χ1v) is 7.55. The van der Waals surface area contributed by atoms with Gasteiger partial charge in [0.25, 0.3) is 0 Å². The highest BCUT2D eigenvalue weighted by Crippen LogP contribution is 2.08. The minimum Gasteiger partial charge on any atom is -0.345 e. The number of carbonyl (C=O) groups is 4. The second-order valence-electron chi connectivity index (χ2n) is 5.26. The fourth-order valence-corrected chi connectivity index (χ4v) is 2.16. The predicted octanol–water partition coefficient (Wildman–Crippen LogP) is -1.13. The average molecular weight is 333 g/mol. The van der Waals surface area contributed by atoms with Gasteiger partial charge in [0.2, 0.25) is 23.6 Å². The molecule has 0 aliphatic carbocycles. The van der Waals surface area contributed by atoms with Crippen molar-refractivity contribution in [1.82, 2.24) is 20.5 Å². The number of rotatable bonds is 7. The van der Waals surface area contributed by atoms with Crippen LogP contribution in [0.3, 0.4) is 0 Å². The van der Waals surface area contributed by atoms with E-state index in [0.717, 1.165) is 6.42 Å². The van der Waals surface area contributed by atoms with E-state index in [0.29, 0.717) is 18.7 Å². The number of nitrogens with zero attached hydrogens (tertiary/aromatic N) is 2. The van der Waals surface area contributed by atoms with Gasteiger partial charge in [-0.05, 0) is 18.6 Å². The summed E-state index contributed by atoms with van der Waals surface area (Å²) >= 11 is 0. The Balaban J connectivity index is 1.61. The van der Waals surface area contributed by atoms with Gasteiger partial charge in [-0.3, -0.25) is 24.2 Å². The highest BCUT2D eigenvalue weighted by Gasteiger charge is 2.22. The zero-order chi connectivity index (χ0) is 17.4. The first-order valence-electron chi connectivity index (χ1n) is 7.55.